The molecule has 1 heterocycles. The van der Waals surface area contributed by atoms with Gasteiger partial charge in [-0.3, -0.25) is 0 Å². The van der Waals surface area contributed by atoms with Gasteiger partial charge in [0, 0.05) is 18.4 Å². The molecule has 106 valence electrons. The van der Waals surface area contributed by atoms with Crippen molar-refractivity contribution in [3.05, 3.63) is 59.0 Å². The van der Waals surface area contributed by atoms with Gasteiger partial charge in [-0.05, 0) is 18.9 Å². The fourth-order valence-corrected chi connectivity index (χ4v) is 2.23. The highest BCUT2D eigenvalue weighted by atomic mass is 16.5. The molecule has 3 heteroatoms. The fraction of sp³-hybridized carbons (Fsp3) is 0.353. The van der Waals surface area contributed by atoms with Crippen molar-refractivity contribution < 1.29 is 13.9 Å². The van der Waals surface area contributed by atoms with Gasteiger partial charge in [-0.1, -0.05) is 37.3 Å². The van der Waals surface area contributed by atoms with Crippen LogP contribution in [0.25, 0.3) is 0 Å². The number of carbonyl (C=O) groups is 1. The monoisotopic (exact) mass is 272 g/mol. The quantitative estimate of drug-likeness (QED) is 0.746. The first-order valence-corrected chi connectivity index (χ1v) is 7.06. The topological polar surface area (TPSA) is 39.4 Å². The first kappa shape index (κ1) is 14.4. The number of esters is 1. The van der Waals surface area contributed by atoms with Gasteiger partial charge < -0.3 is 9.15 Å². The maximum Gasteiger partial charge on any atom is 0.341 e. The van der Waals surface area contributed by atoms with Crippen LogP contribution in [0.4, 0.5) is 0 Å². The Hall–Kier alpha value is -2.03. The van der Waals surface area contributed by atoms with Gasteiger partial charge in [-0.15, -0.1) is 0 Å². The highest BCUT2D eigenvalue weighted by Crippen LogP contribution is 2.23. The van der Waals surface area contributed by atoms with E-state index in [1.165, 1.54) is 6.26 Å². The zero-order valence-electron chi connectivity index (χ0n) is 12.0. The molecule has 0 saturated carbocycles. The molecule has 2 rings (SSSR count). The number of aryl methyl sites for hydroxylation is 1. The van der Waals surface area contributed by atoms with Crippen molar-refractivity contribution in [1.29, 1.82) is 0 Å². The second-order valence-electron chi connectivity index (χ2n) is 4.68. The summed E-state index contributed by atoms with van der Waals surface area (Å²) in [6.07, 6.45) is 4.04. The lowest BCUT2D eigenvalue weighted by atomic mass is 10.00. The van der Waals surface area contributed by atoms with Crippen LogP contribution in [-0.4, -0.2) is 12.6 Å². The van der Waals surface area contributed by atoms with E-state index in [1.807, 2.05) is 25.1 Å². The molecule has 1 aromatic heterocycles. The van der Waals surface area contributed by atoms with Crippen LogP contribution in [0.3, 0.4) is 0 Å². The van der Waals surface area contributed by atoms with Crippen LogP contribution in [0.1, 0.15) is 47.5 Å². The van der Waals surface area contributed by atoms with Gasteiger partial charge in [-0.2, -0.15) is 0 Å². The smallest absolute Gasteiger partial charge is 0.341 e. The molecule has 0 spiro atoms. The zero-order valence-corrected chi connectivity index (χ0v) is 12.0. The van der Waals surface area contributed by atoms with Gasteiger partial charge in [0.2, 0.25) is 0 Å². The average Bonchev–Trinajstić information content (AvgIpc) is 2.84. The predicted molar refractivity (Wildman–Crippen MR) is 77.9 cm³/mol. The Bertz CT molecular complexity index is 555. The zero-order chi connectivity index (χ0) is 14.4. The average molecular weight is 272 g/mol. The van der Waals surface area contributed by atoms with Gasteiger partial charge in [0.05, 0.1) is 6.61 Å². The van der Waals surface area contributed by atoms with E-state index in [-0.39, 0.29) is 5.97 Å². The predicted octanol–water partition coefficient (Wildman–Crippen LogP) is 4.00. The largest absolute Gasteiger partial charge is 0.468 e. The molecule has 20 heavy (non-hydrogen) atoms. The molecule has 0 aliphatic heterocycles. The summed E-state index contributed by atoms with van der Waals surface area (Å²) in [6, 6.07) is 10.1. The molecule has 0 aliphatic rings. The lowest BCUT2D eigenvalue weighted by Gasteiger charge is -2.06. The molecule has 3 nitrogen and oxygen atoms in total. The van der Waals surface area contributed by atoms with E-state index in [0.717, 1.165) is 29.7 Å². The minimum Gasteiger partial charge on any atom is -0.468 e. The third kappa shape index (κ3) is 3.29. The van der Waals surface area contributed by atoms with Gasteiger partial charge in [0.15, 0.2) is 0 Å². The maximum atomic E-state index is 12.0. The fourth-order valence-electron chi connectivity index (χ4n) is 2.23. The number of hydrogen-bond acceptors (Lipinski definition) is 3. The summed E-state index contributed by atoms with van der Waals surface area (Å²) >= 11 is 0. The van der Waals surface area contributed by atoms with Gasteiger partial charge in [0.1, 0.15) is 17.6 Å². The van der Waals surface area contributed by atoms with Crippen LogP contribution in [-0.2, 0) is 17.6 Å². The highest BCUT2D eigenvalue weighted by Gasteiger charge is 2.20. The lowest BCUT2D eigenvalue weighted by molar-refractivity contribution is 0.0524. The van der Waals surface area contributed by atoms with Gasteiger partial charge >= 0.3 is 5.97 Å². The third-order valence-electron chi connectivity index (χ3n) is 3.18. The van der Waals surface area contributed by atoms with E-state index in [1.54, 1.807) is 0 Å². The van der Waals surface area contributed by atoms with Crippen molar-refractivity contribution in [1.82, 2.24) is 0 Å². The Kier molecular flexibility index (Phi) is 4.99. The molecule has 0 bridgehead atoms. The standard InChI is InChI=1S/C17H20O3/c1-3-8-16-14(11-13-9-6-5-7-10-13)15(12-20-16)17(18)19-4-2/h5-7,9-10,12H,3-4,8,11H2,1-2H3. The van der Waals surface area contributed by atoms with Crippen LogP contribution >= 0.6 is 0 Å². The molecular weight excluding hydrogens is 252 g/mol. The molecular formula is C17H20O3. The molecule has 1 aromatic carbocycles. The number of carbonyl (C=O) groups excluding carboxylic acids is 1. The van der Waals surface area contributed by atoms with Crippen LogP contribution in [0.2, 0.25) is 0 Å². The minimum atomic E-state index is -0.301. The van der Waals surface area contributed by atoms with Crippen molar-refractivity contribution in [3.8, 4) is 0 Å². The number of benzene rings is 1. The SMILES string of the molecule is CCCc1occ(C(=O)OCC)c1Cc1ccccc1. The summed E-state index contributed by atoms with van der Waals surface area (Å²) in [5.74, 6) is 0.587. The van der Waals surface area contributed by atoms with E-state index in [4.69, 9.17) is 9.15 Å². The Labute approximate surface area is 119 Å². The van der Waals surface area contributed by atoms with E-state index in [9.17, 15) is 4.79 Å². The highest BCUT2D eigenvalue weighted by molar-refractivity contribution is 5.91. The molecule has 0 N–H and O–H groups in total. The van der Waals surface area contributed by atoms with Crippen LogP contribution in [0.15, 0.2) is 41.0 Å². The summed E-state index contributed by atoms with van der Waals surface area (Å²) in [7, 11) is 0. The van der Waals surface area contributed by atoms with Crippen molar-refractivity contribution in [2.45, 2.75) is 33.1 Å². The minimum absolute atomic E-state index is 0.301. The van der Waals surface area contributed by atoms with Crippen molar-refractivity contribution in [2.75, 3.05) is 6.61 Å². The van der Waals surface area contributed by atoms with Crippen molar-refractivity contribution in [2.24, 2.45) is 0 Å². The second-order valence-corrected chi connectivity index (χ2v) is 4.68. The number of furan rings is 1. The summed E-state index contributed by atoms with van der Waals surface area (Å²) in [4.78, 5) is 12.0. The number of ether oxygens (including phenoxy) is 1. The molecule has 2 aromatic rings. The first-order valence-electron chi connectivity index (χ1n) is 7.06. The van der Waals surface area contributed by atoms with Crippen LogP contribution in [0.5, 0.6) is 0 Å². The van der Waals surface area contributed by atoms with E-state index >= 15 is 0 Å². The normalized spacial score (nSPS) is 10.5. The molecule has 0 saturated heterocycles. The Morgan fingerprint density at radius 2 is 1.95 bits per heavy atom. The maximum absolute atomic E-state index is 12.0. The Balaban J connectivity index is 2.31. The van der Waals surface area contributed by atoms with Crippen molar-refractivity contribution >= 4 is 5.97 Å². The Morgan fingerprint density at radius 1 is 1.20 bits per heavy atom. The molecule has 0 atom stereocenters. The third-order valence-corrected chi connectivity index (χ3v) is 3.18. The van der Waals surface area contributed by atoms with Crippen molar-refractivity contribution in [3.63, 3.8) is 0 Å². The molecule has 0 radical (unpaired) electrons. The summed E-state index contributed by atoms with van der Waals surface area (Å²) in [5, 5.41) is 0. The molecule has 0 aliphatic carbocycles. The molecule has 0 fully saturated rings. The van der Waals surface area contributed by atoms with E-state index in [2.05, 4.69) is 19.1 Å². The van der Waals surface area contributed by atoms with E-state index in [0.29, 0.717) is 18.6 Å². The van der Waals surface area contributed by atoms with Gasteiger partial charge in [-0.25, -0.2) is 4.79 Å². The second kappa shape index (κ2) is 6.94. The van der Waals surface area contributed by atoms with Gasteiger partial charge in [0.25, 0.3) is 0 Å². The number of hydrogen-bond donors (Lipinski definition) is 0. The Morgan fingerprint density at radius 3 is 2.60 bits per heavy atom. The summed E-state index contributed by atoms with van der Waals surface area (Å²) < 4.78 is 10.7. The first-order chi connectivity index (χ1) is 9.76. The number of rotatable bonds is 6. The van der Waals surface area contributed by atoms with Crippen LogP contribution < -0.4 is 0 Å². The lowest BCUT2D eigenvalue weighted by Crippen LogP contribution is -2.07. The van der Waals surface area contributed by atoms with Crippen LogP contribution in [0, 0.1) is 0 Å². The molecule has 0 amide bonds. The molecule has 0 unspecified atom stereocenters. The summed E-state index contributed by atoms with van der Waals surface area (Å²) in [6.45, 7) is 4.28. The van der Waals surface area contributed by atoms with E-state index < -0.39 is 0 Å². The summed E-state index contributed by atoms with van der Waals surface area (Å²) in [5.41, 5.74) is 2.67.